The molecule has 1 N–H and O–H groups in total. The molecule has 0 aliphatic carbocycles. The summed E-state index contributed by atoms with van der Waals surface area (Å²) in [5.41, 5.74) is 1.88. The average molecular weight is 377 g/mol. The average Bonchev–Trinajstić information content (AvgIpc) is 2.62. The summed E-state index contributed by atoms with van der Waals surface area (Å²) in [4.78, 5) is 13.7. The summed E-state index contributed by atoms with van der Waals surface area (Å²) in [6.07, 6.45) is -2.15. The standard InChI is InChI=1S/C21H22F3NO2/c1-14-5-4-6-16(13-14)19(25-12-3-2-7-18(25)20(26)27)15-8-10-17(11-9-15)21(22,23)24/h4-6,8-11,13,18-19H,2-3,7,12H2,1H3,(H,26,27). The molecule has 2 aromatic rings. The van der Waals surface area contributed by atoms with Gasteiger partial charge in [-0.2, -0.15) is 13.2 Å². The number of aliphatic carboxylic acids is 1. The number of likely N-dealkylation sites (tertiary alicyclic amines) is 1. The second-order valence-corrected chi connectivity index (χ2v) is 7.02. The molecule has 1 saturated heterocycles. The summed E-state index contributed by atoms with van der Waals surface area (Å²) in [6.45, 7) is 2.54. The fourth-order valence-corrected chi connectivity index (χ4v) is 3.80. The zero-order chi connectivity index (χ0) is 19.6. The van der Waals surface area contributed by atoms with E-state index in [1.807, 2.05) is 36.1 Å². The smallest absolute Gasteiger partial charge is 0.416 e. The van der Waals surface area contributed by atoms with Crippen LogP contribution < -0.4 is 0 Å². The summed E-state index contributed by atoms with van der Waals surface area (Å²) in [7, 11) is 0. The van der Waals surface area contributed by atoms with Crippen LogP contribution >= 0.6 is 0 Å². The van der Waals surface area contributed by atoms with Gasteiger partial charge >= 0.3 is 12.1 Å². The number of alkyl halides is 3. The molecule has 0 radical (unpaired) electrons. The van der Waals surface area contributed by atoms with Crippen LogP contribution in [0.4, 0.5) is 13.2 Å². The van der Waals surface area contributed by atoms with Crippen molar-refractivity contribution in [3.8, 4) is 0 Å². The first-order chi connectivity index (χ1) is 12.8. The second-order valence-electron chi connectivity index (χ2n) is 7.02. The summed E-state index contributed by atoms with van der Waals surface area (Å²) >= 11 is 0. The maximum Gasteiger partial charge on any atom is 0.416 e. The Hall–Kier alpha value is -2.34. The highest BCUT2D eigenvalue weighted by atomic mass is 19.4. The topological polar surface area (TPSA) is 40.5 Å². The summed E-state index contributed by atoms with van der Waals surface area (Å²) in [5, 5.41) is 9.67. The van der Waals surface area contributed by atoms with Gasteiger partial charge in [-0.05, 0) is 49.6 Å². The lowest BCUT2D eigenvalue weighted by molar-refractivity contribution is -0.145. The highest BCUT2D eigenvalue weighted by Gasteiger charge is 2.36. The number of piperidine rings is 1. The molecule has 0 spiro atoms. The number of halogens is 3. The van der Waals surface area contributed by atoms with Crippen molar-refractivity contribution in [2.24, 2.45) is 0 Å². The van der Waals surface area contributed by atoms with E-state index in [1.165, 1.54) is 12.1 Å². The molecule has 6 heteroatoms. The van der Waals surface area contributed by atoms with Gasteiger partial charge in [-0.3, -0.25) is 9.69 Å². The van der Waals surface area contributed by atoms with Gasteiger partial charge in [0, 0.05) is 0 Å². The maximum atomic E-state index is 12.9. The fourth-order valence-electron chi connectivity index (χ4n) is 3.80. The van der Waals surface area contributed by atoms with Gasteiger partial charge in [0.1, 0.15) is 6.04 Å². The molecule has 3 rings (SSSR count). The number of hydrogen-bond acceptors (Lipinski definition) is 2. The van der Waals surface area contributed by atoms with Gasteiger partial charge in [0.05, 0.1) is 11.6 Å². The molecule has 0 amide bonds. The molecule has 0 bridgehead atoms. The van der Waals surface area contributed by atoms with Gasteiger partial charge in [-0.25, -0.2) is 0 Å². The van der Waals surface area contributed by atoms with Crippen molar-refractivity contribution in [3.63, 3.8) is 0 Å². The highest BCUT2D eigenvalue weighted by Crippen LogP contribution is 2.36. The van der Waals surface area contributed by atoms with Crippen LogP contribution in [0.15, 0.2) is 48.5 Å². The van der Waals surface area contributed by atoms with Crippen molar-refractivity contribution in [2.75, 3.05) is 6.54 Å². The first-order valence-corrected chi connectivity index (χ1v) is 8.99. The number of benzene rings is 2. The van der Waals surface area contributed by atoms with Crippen molar-refractivity contribution >= 4 is 5.97 Å². The minimum atomic E-state index is -4.40. The number of rotatable bonds is 4. The Balaban J connectivity index is 2.06. The minimum absolute atomic E-state index is 0.395. The quantitative estimate of drug-likeness (QED) is 0.811. The lowest BCUT2D eigenvalue weighted by Gasteiger charge is -2.39. The molecule has 144 valence electrons. The van der Waals surface area contributed by atoms with Gasteiger partial charge in [-0.1, -0.05) is 48.4 Å². The second kappa shape index (κ2) is 7.72. The maximum absolute atomic E-state index is 12.9. The fraction of sp³-hybridized carbons (Fsp3) is 0.381. The first kappa shape index (κ1) is 19.4. The minimum Gasteiger partial charge on any atom is -0.480 e. The zero-order valence-corrected chi connectivity index (χ0v) is 15.0. The van der Waals surface area contributed by atoms with Crippen molar-refractivity contribution in [1.82, 2.24) is 4.90 Å². The SMILES string of the molecule is Cc1cccc(C(c2ccc(C(F)(F)F)cc2)N2CCCCC2C(=O)O)c1. The third-order valence-electron chi connectivity index (χ3n) is 5.07. The Morgan fingerprint density at radius 1 is 1.11 bits per heavy atom. The number of carboxylic acid groups (broad SMARTS) is 1. The number of nitrogens with zero attached hydrogens (tertiary/aromatic N) is 1. The lowest BCUT2D eigenvalue weighted by Crippen LogP contribution is -2.46. The molecule has 0 saturated carbocycles. The van der Waals surface area contributed by atoms with Crippen molar-refractivity contribution in [2.45, 2.75) is 44.4 Å². The Labute approximate surface area is 156 Å². The molecule has 3 nitrogen and oxygen atoms in total. The Morgan fingerprint density at radius 2 is 1.81 bits per heavy atom. The van der Waals surface area contributed by atoms with E-state index in [9.17, 15) is 23.1 Å². The third kappa shape index (κ3) is 4.33. The molecule has 27 heavy (non-hydrogen) atoms. The normalized spacial score (nSPS) is 19.6. The van der Waals surface area contributed by atoms with Crippen LogP contribution in [-0.2, 0) is 11.0 Å². The van der Waals surface area contributed by atoms with E-state index in [2.05, 4.69) is 0 Å². The van der Waals surface area contributed by atoms with Crippen LogP contribution in [0.3, 0.4) is 0 Å². The molecule has 1 aliphatic heterocycles. The summed E-state index contributed by atoms with van der Waals surface area (Å²) < 4.78 is 38.8. The molecule has 2 unspecified atom stereocenters. The van der Waals surface area contributed by atoms with Crippen LogP contribution in [-0.4, -0.2) is 28.6 Å². The molecule has 0 aromatic heterocycles. The molecule has 2 atom stereocenters. The van der Waals surface area contributed by atoms with E-state index in [1.54, 1.807) is 0 Å². The van der Waals surface area contributed by atoms with Gasteiger partial charge < -0.3 is 5.11 Å². The van der Waals surface area contributed by atoms with Crippen LogP contribution in [0, 0.1) is 6.92 Å². The van der Waals surface area contributed by atoms with E-state index < -0.39 is 29.8 Å². The largest absolute Gasteiger partial charge is 0.480 e. The van der Waals surface area contributed by atoms with E-state index in [0.29, 0.717) is 18.5 Å². The van der Waals surface area contributed by atoms with E-state index in [0.717, 1.165) is 36.1 Å². The predicted octanol–water partition coefficient (Wildman–Crippen LogP) is 5.04. The monoisotopic (exact) mass is 377 g/mol. The highest BCUT2D eigenvalue weighted by molar-refractivity contribution is 5.73. The van der Waals surface area contributed by atoms with E-state index in [4.69, 9.17) is 0 Å². The van der Waals surface area contributed by atoms with E-state index in [-0.39, 0.29) is 0 Å². The Morgan fingerprint density at radius 3 is 2.41 bits per heavy atom. The van der Waals surface area contributed by atoms with Crippen LogP contribution in [0.25, 0.3) is 0 Å². The summed E-state index contributed by atoms with van der Waals surface area (Å²) in [6, 6.07) is 11.7. The first-order valence-electron chi connectivity index (χ1n) is 8.99. The Kier molecular flexibility index (Phi) is 5.56. The number of carboxylic acids is 1. The molecular formula is C21H22F3NO2. The summed E-state index contributed by atoms with van der Waals surface area (Å²) in [5.74, 6) is -0.890. The number of carbonyl (C=O) groups is 1. The number of aryl methyl sites for hydroxylation is 1. The lowest BCUT2D eigenvalue weighted by atomic mass is 9.90. The molecule has 1 aliphatic rings. The van der Waals surface area contributed by atoms with Gasteiger partial charge in [0.2, 0.25) is 0 Å². The third-order valence-corrected chi connectivity index (χ3v) is 5.07. The molecule has 1 heterocycles. The molecule has 2 aromatic carbocycles. The van der Waals surface area contributed by atoms with Crippen LogP contribution in [0.1, 0.15) is 47.6 Å². The van der Waals surface area contributed by atoms with Gasteiger partial charge in [-0.15, -0.1) is 0 Å². The molecular weight excluding hydrogens is 355 g/mol. The van der Waals surface area contributed by atoms with Crippen LogP contribution in [0.2, 0.25) is 0 Å². The van der Waals surface area contributed by atoms with Crippen LogP contribution in [0.5, 0.6) is 0 Å². The number of hydrogen-bond donors (Lipinski definition) is 1. The Bertz CT molecular complexity index is 802. The predicted molar refractivity (Wildman–Crippen MR) is 96.4 cm³/mol. The van der Waals surface area contributed by atoms with Crippen molar-refractivity contribution in [3.05, 3.63) is 70.8 Å². The van der Waals surface area contributed by atoms with Gasteiger partial charge in [0.15, 0.2) is 0 Å². The zero-order valence-electron chi connectivity index (χ0n) is 15.0. The van der Waals surface area contributed by atoms with Crippen molar-refractivity contribution < 1.29 is 23.1 Å². The van der Waals surface area contributed by atoms with Crippen molar-refractivity contribution in [1.29, 1.82) is 0 Å². The molecule has 1 fully saturated rings. The van der Waals surface area contributed by atoms with Gasteiger partial charge in [0.25, 0.3) is 0 Å². The van der Waals surface area contributed by atoms with E-state index >= 15 is 0 Å².